The summed E-state index contributed by atoms with van der Waals surface area (Å²) >= 11 is 4.22. The van der Waals surface area contributed by atoms with Gasteiger partial charge in [0.2, 0.25) is 0 Å². The highest BCUT2D eigenvalue weighted by molar-refractivity contribution is 7.80. The molecule has 0 saturated carbocycles. The van der Waals surface area contributed by atoms with Gasteiger partial charge in [-0.05, 0) is 18.2 Å². The van der Waals surface area contributed by atoms with E-state index in [9.17, 15) is 5.11 Å². The molecule has 84 valence electrons. The molecular weight excluding hydrogens is 232 g/mol. The van der Waals surface area contributed by atoms with Crippen LogP contribution in [-0.2, 0) is 0 Å². The number of benzene rings is 2. The highest BCUT2D eigenvalue weighted by Gasteiger charge is 2.07. The molecule has 0 saturated heterocycles. The van der Waals surface area contributed by atoms with Crippen LogP contribution in [-0.4, -0.2) is 14.7 Å². The zero-order valence-electron chi connectivity index (χ0n) is 8.91. The quantitative estimate of drug-likeness (QED) is 0.644. The van der Waals surface area contributed by atoms with Crippen LogP contribution in [0, 0.1) is 0 Å². The Bertz CT molecular complexity index is 676. The Balaban J connectivity index is 2.29. The molecule has 0 spiro atoms. The van der Waals surface area contributed by atoms with E-state index in [2.05, 4.69) is 17.6 Å². The Kier molecular flexibility index (Phi) is 2.30. The second-order valence-corrected chi connectivity index (χ2v) is 4.26. The molecule has 3 nitrogen and oxygen atoms in total. The maximum atomic E-state index is 9.57. The van der Waals surface area contributed by atoms with E-state index in [1.165, 1.54) is 0 Å². The number of hydrogen-bond donors (Lipinski definition) is 2. The lowest BCUT2D eigenvalue weighted by atomic mass is 10.2. The summed E-state index contributed by atoms with van der Waals surface area (Å²) in [6.45, 7) is 0. The van der Waals surface area contributed by atoms with Crippen LogP contribution in [0.25, 0.3) is 16.7 Å². The molecule has 2 aromatic carbocycles. The molecule has 0 aliphatic rings. The summed E-state index contributed by atoms with van der Waals surface area (Å²) in [7, 11) is 0. The maximum Gasteiger partial charge on any atom is 0.131 e. The molecule has 1 heterocycles. The van der Waals surface area contributed by atoms with Crippen molar-refractivity contribution >= 4 is 23.7 Å². The number of phenols is 1. The number of hydrogen-bond acceptors (Lipinski definition) is 3. The average Bonchev–Trinajstić information content (AvgIpc) is 2.74. The lowest BCUT2D eigenvalue weighted by molar-refractivity contribution is 0.463. The molecule has 1 aromatic heterocycles. The van der Waals surface area contributed by atoms with Crippen molar-refractivity contribution in [3.05, 3.63) is 48.8 Å². The van der Waals surface area contributed by atoms with Gasteiger partial charge in [-0.15, -0.1) is 12.6 Å². The summed E-state index contributed by atoms with van der Waals surface area (Å²) in [5.74, 6) is 0.152. The van der Waals surface area contributed by atoms with Gasteiger partial charge in [-0.2, -0.15) is 0 Å². The van der Waals surface area contributed by atoms with Crippen molar-refractivity contribution in [2.24, 2.45) is 0 Å². The Labute approximate surface area is 104 Å². The summed E-state index contributed by atoms with van der Waals surface area (Å²) in [5.41, 5.74) is 2.72. The molecule has 3 aromatic rings. The molecule has 1 N–H and O–H groups in total. The minimum atomic E-state index is 0.152. The zero-order valence-corrected chi connectivity index (χ0v) is 9.80. The van der Waals surface area contributed by atoms with Crippen LogP contribution >= 0.6 is 12.6 Å². The van der Waals surface area contributed by atoms with E-state index in [0.717, 1.165) is 16.7 Å². The highest BCUT2D eigenvalue weighted by Crippen LogP contribution is 2.28. The molecule has 0 fully saturated rings. The van der Waals surface area contributed by atoms with Crippen LogP contribution in [0.5, 0.6) is 5.75 Å². The van der Waals surface area contributed by atoms with Crippen molar-refractivity contribution in [2.45, 2.75) is 4.90 Å². The fourth-order valence-electron chi connectivity index (χ4n) is 1.83. The smallest absolute Gasteiger partial charge is 0.131 e. The number of aromatic hydroxyl groups is 1. The molecule has 0 unspecified atom stereocenters. The van der Waals surface area contributed by atoms with Crippen molar-refractivity contribution < 1.29 is 5.11 Å². The number of fused-ring (bicyclic) bond motifs is 1. The number of rotatable bonds is 1. The van der Waals surface area contributed by atoms with Gasteiger partial charge in [0.15, 0.2) is 0 Å². The first-order valence-corrected chi connectivity index (χ1v) is 5.65. The third kappa shape index (κ3) is 1.66. The number of nitrogens with zero attached hydrogens (tertiary/aromatic N) is 2. The maximum absolute atomic E-state index is 9.57. The van der Waals surface area contributed by atoms with Gasteiger partial charge in [-0.1, -0.05) is 18.2 Å². The van der Waals surface area contributed by atoms with E-state index in [0.29, 0.717) is 4.90 Å². The number of thiol groups is 1. The van der Waals surface area contributed by atoms with Gasteiger partial charge >= 0.3 is 0 Å². The summed E-state index contributed by atoms with van der Waals surface area (Å²) in [5, 5.41) is 9.57. The second kappa shape index (κ2) is 3.82. The molecule has 0 atom stereocenters. The largest absolute Gasteiger partial charge is 0.507 e. The van der Waals surface area contributed by atoms with Gasteiger partial charge in [0.25, 0.3) is 0 Å². The van der Waals surface area contributed by atoms with Gasteiger partial charge in [-0.3, -0.25) is 4.57 Å². The highest BCUT2D eigenvalue weighted by atomic mass is 32.1. The first-order chi connectivity index (χ1) is 8.25. The molecule has 0 amide bonds. The minimum absolute atomic E-state index is 0.152. The minimum Gasteiger partial charge on any atom is -0.507 e. The van der Waals surface area contributed by atoms with Crippen LogP contribution in [0.15, 0.2) is 53.7 Å². The lowest BCUT2D eigenvalue weighted by Gasteiger charge is -2.04. The molecule has 0 bridgehead atoms. The normalized spacial score (nSPS) is 10.9. The van der Waals surface area contributed by atoms with Crippen LogP contribution < -0.4 is 0 Å². The van der Waals surface area contributed by atoms with Crippen molar-refractivity contribution in [1.82, 2.24) is 9.55 Å². The van der Waals surface area contributed by atoms with Gasteiger partial charge in [0.05, 0.1) is 11.0 Å². The van der Waals surface area contributed by atoms with Crippen molar-refractivity contribution in [3.63, 3.8) is 0 Å². The lowest BCUT2D eigenvalue weighted by Crippen LogP contribution is -1.90. The van der Waals surface area contributed by atoms with Crippen molar-refractivity contribution in [2.75, 3.05) is 0 Å². The molecule has 3 rings (SSSR count). The third-order valence-electron chi connectivity index (χ3n) is 2.68. The Hall–Kier alpha value is -1.94. The monoisotopic (exact) mass is 242 g/mol. The zero-order chi connectivity index (χ0) is 11.8. The molecule has 0 aliphatic heterocycles. The summed E-state index contributed by atoms with van der Waals surface area (Å²) < 4.78 is 1.97. The molecule has 0 aliphatic carbocycles. The predicted octanol–water partition coefficient (Wildman–Crippen LogP) is 3.02. The molecular formula is C13H10N2OS. The SMILES string of the molecule is Oc1cc2ncn(-c3ccccc3)c2cc1S. The topological polar surface area (TPSA) is 38.1 Å². The van der Waals surface area contributed by atoms with Gasteiger partial charge in [0.1, 0.15) is 12.1 Å². The summed E-state index contributed by atoms with van der Waals surface area (Å²) in [6.07, 6.45) is 1.74. The molecule has 0 radical (unpaired) electrons. The number of aromatic nitrogens is 2. The van der Waals surface area contributed by atoms with E-state index in [1.54, 1.807) is 12.4 Å². The fourth-order valence-corrected chi connectivity index (χ4v) is 2.01. The average molecular weight is 242 g/mol. The van der Waals surface area contributed by atoms with E-state index in [1.807, 2.05) is 41.0 Å². The standard InChI is InChI=1S/C13H10N2OS/c16-12-6-10-11(7-13(12)17)15(8-14-10)9-4-2-1-3-5-9/h1-8,16-17H. The molecule has 4 heteroatoms. The predicted molar refractivity (Wildman–Crippen MR) is 70.0 cm³/mol. The van der Waals surface area contributed by atoms with Crippen LogP contribution in [0.4, 0.5) is 0 Å². The fraction of sp³-hybridized carbons (Fsp3) is 0. The van der Waals surface area contributed by atoms with E-state index < -0.39 is 0 Å². The van der Waals surface area contributed by atoms with Crippen molar-refractivity contribution in [1.29, 1.82) is 0 Å². The van der Waals surface area contributed by atoms with Crippen LogP contribution in [0.1, 0.15) is 0 Å². The van der Waals surface area contributed by atoms with Crippen LogP contribution in [0.2, 0.25) is 0 Å². The van der Waals surface area contributed by atoms with E-state index in [4.69, 9.17) is 0 Å². The number of phenolic OH excluding ortho intramolecular Hbond substituents is 1. The Morgan fingerprint density at radius 2 is 1.88 bits per heavy atom. The molecule has 17 heavy (non-hydrogen) atoms. The van der Waals surface area contributed by atoms with E-state index >= 15 is 0 Å². The Morgan fingerprint density at radius 3 is 2.65 bits per heavy atom. The van der Waals surface area contributed by atoms with Crippen LogP contribution in [0.3, 0.4) is 0 Å². The van der Waals surface area contributed by atoms with Gasteiger partial charge < -0.3 is 5.11 Å². The van der Waals surface area contributed by atoms with Gasteiger partial charge in [-0.25, -0.2) is 4.98 Å². The number of para-hydroxylation sites is 1. The first kappa shape index (κ1) is 10.2. The van der Waals surface area contributed by atoms with Gasteiger partial charge in [0, 0.05) is 16.6 Å². The number of imidazole rings is 1. The van der Waals surface area contributed by atoms with E-state index in [-0.39, 0.29) is 5.75 Å². The second-order valence-electron chi connectivity index (χ2n) is 3.78. The van der Waals surface area contributed by atoms with Crippen molar-refractivity contribution in [3.8, 4) is 11.4 Å². The summed E-state index contributed by atoms with van der Waals surface area (Å²) in [6, 6.07) is 13.4. The summed E-state index contributed by atoms with van der Waals surface area (Å²) in [4.78, 5) is 4.82. The first-order valence-electron chi connectivity index (χ1n) is 5.20. The Morgan fingerprint density at radius 1 is 1.12 bits per heavy atom. The third-order valence-corrected chi connectivity index (χ3v) is 3.04.